The first-order valence-corrected chi connectivity index (χ1v) is 12.5. The second-order valence-corrected chi connectivity index (χ2v) is 10.4. The number of hydrogen-bond donors (Lipinski definition) is 0. The smallest absolute Gasteiger partial charge is 0.336 e. The van der Waals surface area contributed by atoms with Gasteiger partial charge in [0.15, 0.2) is 0 Å². The molecule has 0 unspecified atom stereocenters. The summed E-state index contributed by atoms with van der Waals surface area (Å²) in [4.78, 5) is 23.8. The number of aryl methyl sites for hydroxylation is 1. The maximum atomic E-state index is 13.5. The van der Waals surface area contributed by atoms with Gasteiger partial charge in [0.2, 0.25) is 10.0 Å². The molecule has 1 aliphatic heterocycles. The zero-order valence-electron chi connectivity index (χ0n) is 18.3. The summed E-state index contributed by atoms with van der Waals surface area (Å²) in [5.74, 6) is -0.535. The average Bonchev–Trinajstić information content (AvgIpc) is 3.26. The predicted octanol–water partition coefficient (Wildman–Crippen LogP) is 4.45. The van der Waals surface area contributed by atoms with Crippen LogP contribution >= 0.6 is 0 Å². The van der Waals surface area contributed by atoms with Gasteiger partial charge in [0.1, 0.15) is 6.10 Å². The van der Waals surface area contributed by atoms with E-state index >= 15 is 0 Å². The highest BCUT2D eigenvalue weighted by atomic mass is 32.2. The van der Waals surface area contributed by atoms with Gasteiger partial charge in [-0.25, -0.2) is 13.2 Å². The third-order valence-corrected chi connectivity index (χ3v) is 8.03. The second-order valence-electron chi connectivity index (χ2n) is 8.46. The lowest BCUT2D eigenvalue weighted by molar-refractivity contribution is -0.384. The normalized spacial score (nSPS) is 19.8. The molecule has 0 spiro atoms. The summed E-state index contributed by atoms with van der Waals surface area (Å²) >= 11 is 0. The van der Waals surface area contributed by atoms with Crippen LogP contribution in [0, 0.1) is 17.0 Å². The number of nitro groups is 1. The van der Waals surface area contributed by atoms with E-state index in [0.29, 0.717) is 5.56 Å². The first-order valence-electron chi connectivity index (χ1n) is 11.0. The molecule has 0 saturated heterocycles. The number of esters is 1. The highest BCUT2D eigenvalue weighted by Gasteiger charge is 2.41. The van der Waals surface area contributed by atoms with Crippen molar-refractivity contribution in [3.63, 3.8) is 0 Å². The topological polar surface area (TPSA) is 107 Å². The zero-order valence-corrected chi connectivity index (χ0v) is 19.2. The number of hydrogen-bond acceptors (Lipinski definition) is 6. The van der Waals surface area contributed by atoms with Crippen molar-refractivity contribution in [3.05, 3.63) is 81.4 Å². The Balaban J connectivity index is 1.68. The molecule has 2 aliphatic rings. The van der Waals surface area contributed by atoms with Crippen molar-refractivity contribution >= 4 is 21.7 Å². The number of sulfonamides is 1. The van der Waals surface area contributed by atoms with Gasteiger partial charge in [0, 0.05) is 18.7 Å². The lowest BCUT2D eigenvalue weighted by Crippen LogP contribution is -2.34. The molecule has 1 fully saturated rings. The Hall–Kier alpha value is -3.04. The third-order valence-electron chi connectivity index (χ3n) is 6.18. The molecular formula is C24H26N2O6S. The lowest BCUT2D eigenvalue weighted by atomic mass is 9.97. The maximum Gasteiger partial charge on any atom is 0.336 e. The molecule has 174 valence electrons. The van der Waals surface area contributed by atoms with Gasteiger partial charge in [-0.15, -0.1) is 0 Å². The van der Waals surface area contributed by atoms with Crippen molar-refractivity contribution in [1.82, 2.24) is 4.31 Å². The highest BCUT2D eigenvalue weighted by Crippen LogP contribution is 2.39. The average molecular weight is 471 g/mol. The van der Waals surface area contributed by atoms with Crippen LogP contribution < -0.4 is 0 Å². The Kier molecular flexibility index (Phi) is 6.62. The first-order chi connectivity index (χ1) is 15.8. The summed E-state index contributed by atoms with van der Waals surface area (Å²) in [6.07, 6.45) is 6.12. The molecule has 1 heterocycles. The van der Waals surface area contributed by atoms with E-state index in [0.717, 1.165) is 37.7 Å². The Bertz CT molecular complexity index is 1170. The van der Waals surface area contributed by atoms with Crippen molar-refractivity contribution in [2.75, 3.05) is 6.54 Å². The molecule has 33 heavy (non-hydrogen) atoms. The van der Waals surface area contributed by atoms with Crippen LogP contribution in [0.25, 0.3) is 0 Å². The van der Waals surface area contributed by atoms with E-state index in [1.807, 2.05) is 6.92 Å². The van der Waals surface area contributed by atoms with Crippen molar-refractivity contribution in [2.24, 2.45) is 0 Å². The highest BCUT2D eigenvalue weighted by molar-refractivity contribution is 7.89. The molecule has 2 aromatic rings. The number of nitrogens with zero attached hydrogens (tertiary/aromatic N) is 2. The van der Waals surface area contributed by atoms with E-state index in [2.05, 4.69) is 0 Å². The zero-order chi connectivity index (χ0) is 23.6. The summed E-state index contributed by atoms with van der Waals surface area (Å²) in [6, 6.07) is 11.2. The quantitative estimate of drug-likeness (QED) is 0.351. The summed E-state index contributed by atoms with van der Waals surface area (Å²) < 4.78 is 34.0. The number of non-ortho nitro benzene ring substituents is 1. The summed E-state index contributed by atoms with van der Waals surface area (Å²) in [6.45, 7) is 1.87. The Morgan fingerprint density at radius 2 is 1.67 bits per heavy atom. The maximum absolute atomic E-state index is 13.5. The number of carbonyl (C=O) groups excluding carboxylic acids is 1. The van der Waals surface area contributed by atoms with E-state index in [1.54, 1.807) is 18.2 Å². The van der Waals surface area contributed by atoms with Crippen LogP contribution in [0.3, 0.4) is 0 Å². The predicted molar refractivity (Wildman–Crippen MR) is 122 cm³/mol. The van der Waals surface area contributed by atoms with Gasteiger partial charge < -0.3 is 4.74 Å². The summed E-state index contributed by atoms with van der Waals surface area (Å²) in [5, 5.41) is 11.1. The van der Waals surface area contributed by atoms with Gasteiger partial charge in [-0.1, -0.05) is 42.3 Å². The number of nitro benzene ring substituents is 1. The van der Waals surface area contributed by atoms with E-state index < -0.39 is 27.0 Å². The molecule has 0 amide bonds. The fraction of sp³-hybridized carbons (Fsp3) is 0.375. The van der Waals surface area contributed by atoms with Crippen LogP contribution in [0.2, 0.25) is 0 Å². The largest absolute Gasteiger partial charge is 0.459 e. The van der Waals surface area contributed by atoms with E-state index in [9.17, 15) is 23.3 Å². The molecule has 9 heteroatoms. The number of carbonyl (C=O) groups is 1. The number of rotatable bonds is 6. The van der Waals surface area contributed by atoms with Crippen LogP contribution in [-0.4, -0.2) is 36.3 Å². The molecule has 8 nitrogen and oxygen atoms in total. The minimum absolute atomic E-state index is 0.00691. The monoisotopic (exact) mass is 470 g/mol. The van der Waals surface area contributed by atoms with Crippen molar-refractivity contribution in [2.45, 2.75) is 56.1 Å². The molecule has 1 atom stereocenters. The molecule has 0 bridgehead atoms. The standard InChI is InChI=1S/C24H26N2O6S/c1-17-7-13-21(14-8-17)33(30,31)25-16-15-22(24(27)32-20-5-3-2-4-6-20)23(25)18-9-11-19(12-10-18)26(28)29/h7-15,20,23H,2-6,16H2,1H3/t23-/m1/s1. The van der Waals surface area contributed by atoms with Crippen LogP contribution in [0.1, 0.15) is 49.3 Å². The van der Waals surface area contributed by atoms with Gasteiger partial charge >= 0.3 is 5.97 Å². The van der Waals surface area contributed by atoms with Crippen LogP contribution in [-0.2, 0) is 19.6 Å². The third kappa shape index (κ3) is 4.84. The van der Waals surface area contributed by atoms with Crippen molar-refractivity contribution in [3.8, 4) is 0 Å². The molecule has 2 aromatic carbocycles. The minimum Gasteiger partial charge on any atom is -0.459 e. The van der Waals surface area contributed by atoms with Crippen LogP contribution in [0.4, 0.5) is 5.69 Å². The van der Waals surface area contributed by atoms with Gasteiger partial charge in [0.25, 0.3) is 5.69 Å². The van der Waals surface area contributed by atoms with Gasteiger partial charge in [-0.2, -0.15) is 4.31 Å². The molecule has 1 aliphatic carbocycles. The lowest BCUT2D eigenvalue weighted by Gasteiger charge is -2.28. The number of benzene rings is 2. The van der Waals surface area contributed by atoms with Gasteiger partial charge in [-0.3, -0.25) is 10.1 Å². The molecule has 0 aromatic heterocycles. The molecular weight excluding hydrogens is 444 g/mol. The molecule has 4 rings (SSSR count). The molecule has 0 N–H and O–H groups in total. The van der Waals surface area contributed by atoms with E-state index in [4.69, 9.17) is 4.74 Å². The molecule has 1 saturated carbocycles. The SMILES string of the molecule is Cc1ccc(S(=O)(=O)N2CC=C(C(=O)OC3CCCCC3)[C@H]2c2ccc([N+](=O)[O-])cc2)cc1. The van der Waals surface area contributed by atoms with Gasteiger partial charge in [0.05, 0.1) is 21.4 Å². The van der Waals surface area contributed by atoms with Crippen LogP contribution in [0.15, 0.2) is 65.1 Å². The fourth-order valence-corrected chi connectivity index (χ4v) is 5.90. The van der Waals surface area contributed by atoms with E-state index in [1.165, 1.54) is 40.7 Å². The fourth-order valence-electron chi connectivity index (χ4n) is 4.36. The van der Waals surface area contributed by atoms with Crippen molar-refractivity contribution in [1.29, 1.82) is 0 Å². The number of ether oxygens (including phenoxy) is 1. The van der Waals surface area contributed by atoms with E-state index in [-0.39, 0.29) is 28.8 Å². The first kappa shape index (κ1) is 23.1. The Morgan fingerprint density at radius 3 is 2.27 bits per heavy atom. The summed E-state index contributed by atoms with van der Waals surface area (Å²) in [5.41, 5.74) is 1.53. The van der Waals surface area contributed by atoms with Crippen LogP contribution in [0.5, 0.6) is 0 Å². The second kappa shape index (κ2) is 9.44. The Labute approximate surface area is 193 Å². The summed E-state index contributed by atoms with van der Waals surface area (Å²) in [7, 11) is -3.94. The Morgan fingerprint density at radius 1 is 1.03 bits per heavy atom. The molecule has 0 radical (unpaired) electrons. The van der Waals surface area contributed by atoms with Gasteiger partial charge in [-0.05, 0) is 50.3 Å². The minimum atomic E-state index is -3.94. The van der Waals surface area contributed by atoms with Crippen molar-refractivity contribution < 1.29 is 22.9 Å².